The number of anilines is 1. The summed E-state index contributed by atoms with van der Waals surface area (Å²) in [7, 11) is 0. The molecule has 0 spiro atoms. The average Bonchev–Trinajstić information content (AvgIpc) is 3.28. The van der Waals surface area contributed by atoms with Gasteiger partial charge in [-0.3, -0.25) is 9.59 Å². The third-order valence-electron chi connectivity index (χ3n) is 5.33. The summed E-state index contributed by atoms with van der Waals surface area (Å²) in [6.45, 7) is 0. The highest BCUT2D eigenvalue weighted by Gasteiger charge is 2.62. The first-order chi connectivity index (χ1) is 10.6. The Bertz CT molecular complexity index is 686. The van der Waals surface area contributed by atoms with Gasteiger partial charge >= 0.3 is 5.97 Å². The second-order valence-electron chi connectivity index (χ2n) is 6.49. The Labute approximate surface area is 133 Å². The van der Waals surface area contributed by atoms with Crippen molar-refractivity contribution < 1.29 is 14.7 Å². The molecule has 114 valence electrons. The highest BCUT2D eigenvalue weighted by molar-refractivity contribution is 6.30. The zero-order chi connectivity index (χ0) is 15.4. The molecule has 2 saturated carbocycles. The number of amides is 1. The molecule has 2 N–H and O–H groups in total. The number of nitrogens with one attached hydrogen (secondary N) is 1. The number of hydrogen-bond acceptors (Lipinski definition) is 2. The minimum absolute atomic E-state index is 0.00242. The fourth-order valence-corrected chi connectivity index (χ4v) is 4.55. The topological polar surface area (TPSA) is 66.4 Å². The van der Waals surface area contributed by atoms with Gasteiger partial charge in [0, 0.05) is 10.7 Å². The van der Waals surface area contributed by atoms with Crippen LogP contribution in [0.15, 0.2) is 36.4 Å². The molecule has 4 aliphatic carbocycles. The number of carbonyl (C=O) groups is 2. The number of hydrogen-bond donors (Lipinski definition) is 2. The molecule has 0 heterocycles. The molecule has 2 fully saturated rings. The van der Waals surface area contributed by atoms with E-state index < -0.39 is 17.8 Å². The van der Waals surface area contributed by atoms with Crippen LogP contribution >= 0.6 is 11.6 Å². The van der Waals surface area contributed by atoms with Crippen molar-refractivity contribution >= 4 is 29.2 Å². The van der Waals surface area contributed by atoms with Gasteiger partial charge in [-0.15, -0.1) is 0 Å². The van der Waals surface area contributed by atoms with Crippen LogP contribution in [0, 0.1) is 35.5 Å². The Morgan fingerprint density at radius 1 is 1.14 bits per heavy atom. The molecule has 2 bridgehead atoms. The monoisotopic (exact) mass is 317 g/mol. The number of rotatable bonds is 3. The molecule has 0 aromatic heterocycles. The second kappa shape index (κ2) is 4.85. The number of halogens is 1. The summed E-state index contributed by atoms with van der Waals surface area (Å²) < 4.78 is 0. The van der Waals surface area contributed by atoms with Crippen LogP contribution in [0.3, 0.4) is 0 Å². The van der Waals surface area contributed by atoms with Crippen molar-refractivity contribution in [2.75, 3.05) is 5.32 Å². The largest absolute Gasteiger partial charge is 0.481 e. The van der Waals surface area contributed by atoms with Crippen molar-refractivity contribution in [2.24, 2.45) is 35.5 Å². The van der Waals surface area contributed by atoms with Crippen molar-refractivity contribution in [1.29, 1.82) is 0 Å². The van der Waals surface area contributed by atoms with Gasteiger partial charge in [0.25, 0.3) is 0 Å². The molecule has 1 aromatic rings. The zero-order valence-electron chi connectivity index (χ0n) is 11.8. The molecule has 5 rings (SSSR count). The van der Waals surface area contributed by atoms with Gasteiger partial charge in [-0.1, -0.05) is 29.8 Å². The van der Waals surface area contributed by atoms with Gasteiger partial charge in [0.05, 0.1) is 11.8 Å². The van der Waals surface area contributed by atoms with Crippen molar-refractivity contribution in [3.05, 3.63) is 41.4 Å². The maximum absolute atomic E-state index is 12.7. The van der Waals surface area contributed by atoms with E-state index in [-0.39, 0.29) is 17.7 Å². The average molecular weight is 318 g/mol. The summed E-state index contributed by atoms with van der Waals surface area (Å²) in [5.74, 6) is -1.17. The molecule has 4 nitrogen and oxygen atoms in total. The van der Waals surface area contributed by atoms with Crippen LogP contribution in [0.1, 0.15) is 6.42 Å². The van der Waals surface area contributed by atoms with Crippen LogP contribution in [0.2, 0.25) is 5.02 Å². The third-order valence-corrected chi connectivity index (χ3v) is 5.57. The van der Waals surface area contributed by atoms with Crippen molar-refractivity contribution in [3.8, 4) is 0 Å². The fourth-order valence-electron chi connectivity index (χ4n) is 4.36. The smallest absolute Gasteiger partial charge is 0.307 e. The van der Waals surface area contributed by atoms with E-state index in [0.717, 1.165) is 6.42 Å². The lowest BCUT2D eigenvalue weighted by atomic mass is 9.62. The van der Waals surface area contributed by atoms with E-state index in [0.29, 0.717) is 22.5 Å². The molecule has 0 aliphatic heterocycles. The normalized spacial score (nSPS) is 37.5. The van der Waals surface area contributed by atoms with Crippen molar-refractivity contribution in [1.82, 2.24) is 0 Å². The molecule has 22 heavy (non-hydrogen) atoms. The highest BCUT2D eigenvalue weighted by Crippen LogP contribution is 2.63. The maximum atomic E-state index is 12.7. The van der Waals surface area contributed by atoms with Crippen LogP contribution in [-0.4, -0.2) is 17.0 Å². The lowest BCUT2D eigenvalue weighted by molar-refractivity contribution is -0.152. The van der Waals surface area contributed by atoms with E-state index in [1.807, 2.05) is 6.08 Å². The van der Waals surface area contributed by atoms with Crippen molar-refractivity contribution in [3.63, 3.8) is 0 Å². The summed E-state index contributed by atoms with van der Waals surface area (Å²) in [5, 5.41) is 13.0. The summed E-state index contributed by atoms with van der Waals surface area (Å²) >= 11 is 5.93. The Morgan fingerprint density at radius 2 is 1.82 bits per heavy atom. The van der Waals surface area contributed by atoms with Gasteiger partial charge < -0.3 is 10.4 Å². The Kier molecular flexibility index (Phi) is 3.05. The minimum Gasteiger partial charge on any atom is -0.481 e. The lowest BCUT2D eigenvalue weighted by Crippen LogP contribution is -2.48. The number of carboxylic acids is 1. The molecule has 0 radical (unpaired) electrons. The number of carbonyl (C=O) groups excluding carboxylic acids is 1. The van der Waals surface area contributed by atoms with E-state index >= 15 is 0 Å². The Hall–Kier alpha value is -1.81. The first kappa shape index (κ1) is 13.8. The molecule has 4 aliphatic rings. The van der Waals surface area contributed by atoms with Gasteiger partial charge in [0.1, 0.15) is 0 Å². The van der Waals surface area contributed by atoms with Crippen LogP contribution in [-0.2, 0) is 9.59 Å². The number of aliphatic carboxylic acids is 1. The second-order valence-corrected chi connectivity index (χ2v) is 6.93. The standard InChI is InChI=1S/C17H16ClNO3/c18-8-2-1-3-9(6-8)19-16(20)14-10-4-5-11(13-7-12(10)13)15(14)17(21)22/h1-6,10-15H,7H2,(H,19,20)(H,21,22)/t10-,11+,12-,13+,14-,15-/m0/s1. The van der Waals surface area contributed by atoms with Crippen LogP contribution in [0.4, 0.5) is 5.69 Å². The molecular weight excluding hydrogens is 302 g/mol. The number of allylic oxidation sites excluding steroid dienone is 2. The number of benzene rings is 1. The summed E-state index contributed by atoms with van der Waals surface area (Å²) in [5.41, 5.74) is 0.611. The molecule has 1 amide bonds. The predicted molar refractivity (Wildman–Crippen MR) is 82.4 cm³/mol. The SMILES string of the molecule is O=C(O)[C@H]1[C@@H]2C=C[C@@H]([C@@H]3C[C@H]23)[C@@H]1C(=O)Nc1cccc(Cl)c1. The predicted octanol–water partition coefficient (Wildman–Crippen LogP) is 3.05. The molecule has 5 heteroatoms. The summed E-state index contributed by atoms with van der Waals surface area (Å²) in [6, 6.07) is 6.93. The molecule has 0 unspecified atom stereocenters. The van der Waals surface area contributed by atoms with Gasteiger partial charge in [0.15, 0.2) is 0 Å². The zero-order valence-corrected chi connectivity index (χ0v) is 12.5. The molecule has 1 aromatic carbocycles. The summed E-state index contributed by atoms with van der Waals surface area (Å²) in [6.07, 6.45) is 5.12. The van der Waals surface area contributed by atoms with E-state index in [1.54, 1.807) is 24.3 Å². The molecule has 0 saturated heterocycles. The van der Waals surface area contributed by atoms with Gasteiger partial charge in [-0.05, 0) is 48.3 Å². The molecular formula is C17H16ClNO3. The maximum Gasteiger partial charge on any atom is 0.307 e. The number of carboxylic acid groups (broad SMARTS) is 1. The van der Waals surface area contributed by atoms with Gasteiger partial charge in [0.2, 0.25) is 5.91 Å². The van der Waals surface area contributed by atoms with Crippen LogP contribution in [0.25, 0.3) is 0 Å². The van der Waals surface area contributed by atoms with Gasteiger partial charge in [-0.2, -0.15) is 0 Å². The Balaban J connectivity index is 1.61. The van der Waals surface area contributed by atoms with E-state index in [4.69, 9.17) is 11.6 Å². The molecule has 6 atom stereocenters. The Morgan fingerprint density at radius 3 is 2.45 bits per heavy atom. The van der Waals surface area contributed by atoms with E-state index in [9.17, 15) is 14.7 Å². The number of fused-ring (bicyclic) bond motifs is 1. The van der Waals surface area contributed by atoms with Crippen molar-refractivity contribution in [2.45, 2.75) is 6.42 Å². The first-order valence-corrected chi connectivity index (χ1v) is 7.91. The summed E-state index contributed by atoms with van der Waals surface area (Å²) in [4.78, 5) is 24.4. The van der Waals surface area contributed by atoms with Crippen LogP contribution < -0.4 is 5.32 Å². The highest BCUT2D eigenvalue weighted by atomic mass is 35.5. The first-order valence-electron chi connectivity index (χ1n) is 7.54. The van der Waals surface area contributed by atoms with E-state index in [2.05, 4.69) is 11.4 Å². The fraction of sp³-hybridized carbons (Fsp3) is 0.412. The van der Waals surface area contributed by atoms with Gasteiger partial charge in [-0.25, -0.2) is 0 Å². The lowest BCUT2D eigenvalue weighted by Gasteiger charge is -2.41. The van der Waals surface area contributed by atoms with Crippen LogP contribution in [0.5, 0.6) is 0 Å². The quantitative estimate of drug-likeness (QED) is 0.842. The third kappa shape index (κ3) is 2.05. The van der Waals surface area contributed by atoms with E-state index in [1.165, 1.54) is 0 Å². The minimum atomic E-state index is -0.865.